The van der Waals surface area contributed by atoms with Crippen LogP contribution in [0.25, 0.3) is 0 Å². The van der Waals surface area contributed by atoms with Crippen molar-refractivity contribution >= 4 is 35.2 Å². The van der Waals surface area contributed by atoms with Crippen molar-refractivity contribution in [3.8, 4) is 0 Å². The molecule has 1 fully saturated rings. The molecule has 3 rings (SSSR count). The van der Waals surface area contributed by atoms with E-state index in [2.05, 4.69) is 10.0 Å². The molecule has 0 aromatic heterocycles. The van der Waals surface area contributed by atoms with E-state index < -0.39 is 4.87 Å². The van der Waals surface area contributed by atoms with E-state index in [-0.39, 0.29) is 18.3 Å². The molecule has 2 aliphatic rings. The normalized spacial score (nSPS) is 24.4. The Morgan fingerprint density at radius 1 is 1.33 bits per heavy atom. The van der Waals surface area contributed by atoms with Crippen molar-refractivity contribution in [2.24, 2.45) is 10.8 Å². The van der Waals surface area contributed by atoms with Crippen LogP contribution in [0.3, 0.4) is 0 Å². The Morgan fingerprint density at radius 2 is 2.00 bits per heavy atom. The molecule has 8 heteroatoms. The van der Waals surface area contributed by atoms with Crippen molar-refractivity contribution in [2.75, 3.05) is 32.8 Å². The van der Waals surface area contributed by atoms with Gasteiger partial charge in [0.2, 0.25) is 5.91 Å². The first kappa shape index (κ1) is 19.1. The Kier molecular flexibility index (Phi) is 6.51. The van der Waals surface area contributed by atoms with Crippen molar-refractivity contribution < 1.29 is 9.53 Å². The second kappa shape index (κ2) is 8.20. The first-order valence-electron chi connectivity index (χ1n) is 7.81. The number of nitrogens with two attached hydrogens (primary N) is 1. The van der Waals surface area contributed by atoms with Gasteiger partial charge in [-0.05, 0) is 12.0 Å². The summed E-state index contributed by atoms with van der Waals surface area (Å²) in [5.41, 5.74) is 7.02. The second-order valence-corrected chi connectivity index (χ2v) is 7.02. The molecule has 1 saturated heterocycles. The topological polar surface area (TPSA) is 71.2 Å². The highest BCUT2D eigenvalue weighted by atomic mass is 35.5. The molecule has 2 aliphatic heterocycles. The number of carbonyl (C=O) groups is 1. The molecule has 0 bridgehead atoms. The van der Waals surface area contributed by atoms with Gasteiger partial charge in [0.1, 0.15) is 4.87 Å². The SMILES string of the molecule is CC(=O)N1N=C(N)SC1(CCN1CCOCC1)c1ccccc1.Cl. The van der Waals surface area contributed by atoms with Gasteiger partial charge in [-0.2, -0.15) is 0 Å². The molecule has 1 aromatic carbocycles. The van der Waals surface area contributed by atoms with Crippen LogP contribution >= 0.6 is 24.2 Å². The molecular formula is C16H23ClN4O2S. The summed E-state index contributed by atoms with van der Waals surface area (Å²) in [6, 6.07) is 10.0. The molecular weight excluding hydrogens is 348 g/mol. The number of morpholine rings is 1. The van der Waals surface area contributed by atoms with E-state index in [1.807, 2.05) is 30.3 Å². The fourth-order valence-electron chi connectivity index (χ4n) is 3.06. The lowest BCUT2D eigenvalue weighted by atomic mass is 10.0. The van der Waals surface area contributed by atoms with Gasteiger partial charge in [-0.3, -0.25) is 9.69 Å². The average molecular weight is 371 g/mol. The van der Waals surface area contributed by atoms with E-state index in [9.17, 15) is 4.79 Å². The standard InChI is InChI=1S/C16H22N4O2S.ClH/c1-13(21)20-16(23-15(17)18-20,14-5-3-2-4-6-14)7-8-19-9-11-22-12-10-19;/h2-6H,7-12H2,1H3,(H2,17,18);1H. The monoisotopic (exact) mass is 370 g/mol. The number of halogens is 1. The third-order valence-corrected chi connectivity index (χ3v) is 5.45. The van der Waals surface area contributed by atoms with Gasteiger partial charge in [0.15, 0.2) is 5.17 Å². The lowest BCUT2D eigenvalue weighted by Gasteiger charge is -2.37. The van der Waals surface area contributed by atoms with Crippen LogP contribution in [-0.2, 0) is 14.4 Å². The summed E-state index contributed by atoms with van der Waals surface area (Å²) in [4.78, 5) is 14.0. The largest absolute Gasteiger partial charge is 0.379 e. The number of amidine groups is 1. The van der Waals surface area contributed by atoms with E-state index in [4.69, 9.17) is 10.5 Å². The van der Waals surface area contributed by atoms with Crippen LogP contribution in [0.1, 0.15) is 18.9 Å². The van der Waals surface area contributed by atoms with E-state index in [0.29, 0.717) is 5.17 Å². The highest BCUT2D eigenvalue weighted by molar-refractivity contribution is 8.14. The summed E-state index contributed by atoms with van der Waals surface area (Å²) in [5, 5.41) is 6.26. The molecule has 0 aliphatic carbocycles. The van der Waals surface area contributed by atoms with Gasteiger partial charge in [0, 0.05) is 26.6 Å². The van der Waals surface area contributed by atoms with Crippen LogP contribution in [-0.4, -0.2) is 53.8 Å². The first-order chi connectivity index (χ1) is 11.1. The van der Waals surface area contributed by atoms with Crippen molar-refractivity contribution in [1.29, 1.82) is 0 Å². The van der Waals surface area contributed by atoms with E-state index in [0.717, 1.165) is 44.8 Å². The van der Waals surface area contributed by atoms with Gasteiger partial charge in [-0.15, -0.1) is 17.5 Å². The lowest BCUT2D eigenvalue weighted by molar-refractivity contribution is -0.132. The van der Waals surface area contributed by atoms with Crippen molar-refractivity contribution in [3.63, 3.8) is 0 Å². The van der Waals surface area contributed by atoms with E-state index >= 15 is 0 Å². The Labute approximate surface area is 152 Å². The molecule has 2 heterocycles. The van der Waals surface area contributed by atoms with Gasteiger partial charge < -0.3 is 10.5 Å². The summed E-state index contributed by atoms with van der Waals surface area (Å²) in [7, 11) is 0. The molecule has 0 spiro atoms. The van der Waals surface area contributed by atoms with Crippen LogP contribution in [0.2, 0.25) is 0 Å². The van der Waals surface area contributed by atoms with Crippen molar-refractivity contribution in [3.05, 3.63) is 35.9 Å². The Balaban J connectivity index is 0.00000208. The number of amides is 1. The zero-order valence-corrected chi connectivity index (χ0v) is 15.3. The van der Waals surface area contributed by atoms with Crippen molar-refractivity contribution in [1.82, 2.24) is 9.91 Å². The predicted octanol–water partition coefficient (Wildman–Crippen LogP) is 1.81. The Bertz CT molecular complexity index is 595. The number of rotatable bonds is 4. The van der Waals surface area contributed by atoms with Crippen LogP contribution < -0.4 is 5.73 Å². The number of hydrogen-bond donors (Lipinski definition) is 1. The van der Waals surface area contributed by atoms with Gasteiger partial charge in [0.05, 0.1) is 13.2 Å². The molecule has 1 atom stereocenters. The molecule has 1 amide bonds. The molecule has 1 aromatic rings. The third-order valence-electron chi connectivity index (χ3n) is 4.21. The summed E-state index contributed by atoms with van der Waals surface area (Å²) in [6.07, 6.45) is 0.769. The van der Waals surface area contributed by atoms with E-state index in [1.54, 1.807) is 5.01 Å². The molecule has 0 saturated carbocycles. The average Bonchev–Trinajstić information content (AvgIpc) is 2.93. The molecule has 132 valence electrons. The van der Waals surface area contributed by atoms with Gasteiger partial charge >= 0.3 is 0 Å². The van der Waals surface area contributed by atoms with Crippen molar-refractivity contribution in [2.45, 2.75) is 18.2 Å². The maximum Gasteiger partial charge on any atom is 0.241 e. The first-order valence-corrected chi connectivity index (χ1v) is 8.63. The summed E-state index contributed by atoms with van der Waals surface area (Å²) in [5.74, 6) is -0.0937. The number of carbonyl (C=O) groups excluding carboxylic acids is 1. The molecule has 2 N–H and O–H groups in total. The van der Waals surface area contributed by atoms with E-state index in [1.165, 1.54) is 18.7 Å². The zero-order valence-electron chi connectivity index (χ0n) is 13.7. The fraction of sp³-hybridized carbons (Fsp3) is 0.500. The maximum atomic E-state index is 12.1. The molecule has 6 nitrogen and oxygen atoms in total. The minimum absolute atomic E-state index is 0. The Hall–Kier alpha value is -1.28. The van der Waals surface area contributed by atoms with Crippen LogP contribution in [0.4, 0.5) is 0 Å². The van der Waals surface area contributed by atoms with Gasteiger partial charge in [-0.25, -0.2) is 5.01 Å². The second-order valence-electron chi connectivity index (χ2n) is 5.73. The summed E-state index contributed by atoms with van der Waals surface area (Å²) >= 11 is 1.47. The zero-order chi connectivity index (χ0) is 16.3. The highest BCUT2D eigenvalue weighted by Crippen LogP contribution is 2.47. The minimum atomic E-state index is -0.560. The smallest absolute Gasteiger partial charge is 0.241 e. The minimum Gasteiger partial charge on any atom is -0.379 e. The van der Waals surface area contributed by atoms with Crippen LogP contribution in [0.5, 0.6) is 0 Å². The summed E-state index contributed by atoms with van der Waals surface area (Å²) < 4.78 is 5.40. The lowest BCUT2D eigenvalue weighted by Crippen LogP contribution is -2.45. The van der Waals surface area contributed by atoms with Crippen LogP contribution in [0, 0.1) is 0 Å². The number of hydrazone groups is 1. The molecule has 24 heavy (non-hydrogen) atoms. The number of nitrogens with zero attached hydrogens (tertiary/aromatic N) is 3. The maximum absolute atomic E-state index is 12.1. The summed E-state index contributed by atoms with van der Waals surface area (Å²) in [6.45, 7) is 5.78. The Morgan fingerprint density at radius 3 is 2.62 bits per heavy atom. The number of hydrogen-bond acceptors (Lipinski definition) is 6. The quantitative estimate of drug-likeness (QED) is 0.875. The number of ether oxygens (including phenoxy) is 1. The fourth-order valence-corrected chi connectivity index (χ4v) is 4.23. The van der Waals surface area contributed by atoms with Gasteiger partial charge in [-0.1, -0.05) is 42.1 Å². The molecule has 1 unspecified atom stereocenters. The predicted molar refractivity (Wildman–Crippen MR) is 99.0 cm³/mol. The highest BCUT2D eigenvalue weighted by Gasteiger charge is 2.46. The number of thioether (sulfide) groups is 1. The molecule has 0 radical (unpaired) electrons. The van der Waals surface area contributed by atoms with Gasteiger partial charge in [0.25, 0.3) is 0 Å². The van der Waals surface area contributed by atoms with Crippen LogP contribution in [0.15, 0.2) is 35.4 Å². The third kappa shape index (κ3) is 3.85. The number of benzene rings is 1.